The van der Waals surface area contributed by atoms with Gasteiger partial charge >= 0.3 is 0 Å². The number of piperazine rings is 1. The van der Waals surface area contributed by atoms with Crippen molar-refractivity contribution in [3.8, 4) is 0 Å². The molecule has 1 saturated heterocycles. The summed E-state index contributed by atoms with van der Waals surface area (Å²) in [6.07, 6.45) is 7.09. The van der Waals surface area contributed by atoms with Crippen molar-refractivity contribution in [3.63, 3.8) is 0 Å². The summed E-state index contributed by atoms with van der Waals surface area (Å²) in [6, 6.07) is -0.0871. The Bertz CT molecular complexity index is 402. The van der Waals surface area contributed by atoms with Crippen molar-refractivity contribution >= 4 is 11.8 Å². The standard InChI is InChI=1S/C17H30N2O2/c1-5-17(4)16(21)18-14(11-12(2)3)15(20)19(17)13-9-7-6-8-10-13/h12-14H,5-11H2,1-4H3,(H,18,21). The Hall–Kier alpha value is -1.06. The van der Waals surface area contributed by atoms with Crippen molar-refractivity contribution in [1.29, 1.82) is 0 Å². The van der Waals surface area contributed by atoms with Crippen LogP contribution in [0.15, 0.2) is 0 Å². The predicted molar refractivity (Wildman–Crippen MR) is 83.8 cm³/mol. The minimum atomic E-state index is -0.674. The molecule has 2 fully saturated rings. The van der Waals surface area contributed by atoms with Gasteiger partial charge in [0.1, 0.15) is 11.6 Å². The molecule has 0 spiro atoms. The van der Waals surface area contributed by atoms with Crippen molar-refractivity contribution < 1.29 is 9.59 Å². The van der Waals surface area contributed by atoms with E-state index in [2.05, 4.69) is 19.2 Å². The number of carbonyl (C=O) groups excluding carboxylic acids is 2. The minimum absolute atomic E-state index is 0.0285. The van der Waals surface area contributed by atoms with Crippen LogP contribution in [0.25, 0.3) is 0 Å². The quantitative estimate of drug-likeness (QED) is 0.866. The first kappa shape index (κ1) is 16.3. The number of hydrogen-bond acceptors (Lipinski definition) is 2. The molecule has 2 aliphatic rings. The molecule has 0 radical (unpaired) electrons. The number of rotatable bonds is 4. The summed E-state index contributed by atoms with van der Waals surface area (Å²) in [4.78, 5) is 27.6. The van der Waals surface area contributed by atoms with Crippen LogP contribution in [0.4, 0.5) is 0 Å². The third-order valence-corrected chi connectivity index (χ3v) is 5.20. The average molecular weight is 294 g/mol. The fraction of sp³-hybridized carbons (Fsp3) is 0.882. The predicted octanol–water partition coefficient (Wildman–Crippen LogP) is 2.86. The zero-order valence-electron chi connectivity index (χ0n) is 13.9. The zero-order chi connectivity index (χ0) is 15.6. The number of nitrogens with zero attached hydrogens (tertiary/aromatic N) is 1. The summed E-state index contributed by atoms with van der Waals surface area (Å²) in [5.41, 5.74) is -0.674. The Morgan fingerprint density at radius 2 is 1.86 bits per heavy atom. The second-order valence-corrected chi connectivity index (χ2v) is 7.28. The first-order valence-corrected chi connectivity index (χ1v) is 8.54. The monoisotopic (exact) mass is 294 g/mol. The van der Waals surface area contributed by atoms with E-state index in [1.54, 1.807) is 0 Å². The zero-order valence-corrected chi connectivity index (χ0v) is 13.9. The van der Waals surface area contributed by atoms with E-state index in [9.17, 15) is 9.59 Å². The summed E-state index contributed by atoms with van der Waals surface area (Å²) in [5, 5.41) is 2.98. The molecule has 1 aliphatic heterocycles. The Labute approximate surface area is 128 Å². The highest BCUT2D eigenvalue weighted by Crippen LogP contribution is 2.34. The molecular formula is C17H30N2O2. The van der Waals surface area contributed by atoms with Gasteiger partial charge in [-0.25, -0.2) is 0 Å². The third kappa shape index (κ3) is 3.09. The maximum Gasteiger partial charge on any atom is 0.246 e. The van der Waals surface area contributed by atoms with Gasteiger partial charge in [0.15, 0.2) is 0 Å². The van der Waals surface area contributed by atoms with Gasteiger partial charge in [-0.3, -0.25) is 9.59 Å². The maximum atomic E-state index is 13.0. The molecule has 0 bridgehead atoms. The van der Waals surface area contributed by atoms with Gasteiger partial charge in [0.2, 0.25) is 11.8 Å². The molecule has 21 heavy (non-hydrogen) atoms. The summed E-state index contributed by atoms with van der Waals surface area (Å²) in [6.45, 7) is 8.13. The Balaban J connectivity index is 2.28. The van der Waals surface area contributed by atoms with E-state index in [0.717, 1.165) is 19.3 Å². The fourth-order valence-corrected chi connectivity index (χ4v) is 3.78. The molecule has 2 unspecified atom stereocenters. The van der Waals surface area contributed by atoms with Crippen LogP contribution < -0.4 is 5.32 Å². The van der Waals surface area contributed by atoms with E-state index in [-0.39, 0.29) is 23.9 Å². The molecule has 2 amide bonds. The Morgan fingerprint density at radius 3 is 2.38 bits per heavy atom. The normalized spacial score (nSPS) is 31.7. The lowest BCUT2D eigenvalue weighted by Crippen LogP contribution is -2.71. The lowest BCUT2D eigenvalue weighted by atomic mass is 9.83. The SMILES string of the molecule is CCC1(C)C(=O)NC(CC(C)C)C(=O)N1C1CCCCC1. The highest BCUT2D eigenvalue weighted by atomic mass is 16.2. The van der Waals surface area contributed by atoms with E-state index in [0.29, 0.717) is 12.3 Å². The largest absolute Gasteiger partial charge is 0.342 e. The molecule has 2 rings (SSSR count). The molecule has 4 heteroatoms. The summed E-state index contributed by atoms with van der Waals surface area (Å²) in [7, 11) is 0. The molecule has 1 N–H and O–H groups in total. The van der Waals surface area contributed by atoms with Gasteiger partial charge in [-0.15, -0.1) is 0 Å². The van der Waals surface area contributed by atoms with Gasteiger partial charge in [0.05, 0.1) is 0 Å². The van der Waals surface area contributed by atoms with Crippen molar-refractivity contribution in [2.24, 2.45) is 5.92 Å². The van der Waals surface area contributed by atoms with Crippen LogP contribution in [-0.2, 0) is 9.59 Å². The van der Waals surface area contributed by atoms with E-state index < -0.39 is 5.54 Å². The number of amides is 2. The van der Waals surface area contributed by atoms with Gasteiger partial charge in [-0.1, -0.05) is 40.0 Å². The molecule has 1 aliphatic carbocycles. The lowest BCUT2D eigenvalue weighted by Gasteiger charge is -2.50. The van der Waals surface area contributed by atoms with Crippen LogP contribution in [0.2, 0.25) is 0 Å². The van der Waals surface area contributed by atoms with E-state index in [1.165, 1.54) is 19.3 Å². The molecule has 2 atom stereocenters. The molecule has 1 saturated carbocycles. The summed E-state index contributed by atoms with van der Waals surface area (Å²) >= 11 is 0. The molecule has 0 aromatic rings. The Kier molecular flexibility index (Phi) is 4.95. The number of carbonyl (C=O) groups is 2. The molecule has 1 heterocycles. The third-order valence-electron chi connectivity index (χ3n) is 5.20. The molecule has 0 aromatic carbocycles. The van der Waals surface area contributed by atoms with Gasteiger partial charge in [0, 0.05) is 6.04 Å². The van der Waals surface area contributed by atoms with Gasteiger partial charge in [-0.05, 0) is 38.5 Å². The van der Waals surface area contributed by atoms with E-state index >= 15 is 0 Å². The molecule has 120 valence electrons. The minimum Gasteiger partial charge on any atom is -0.342 e. The van der Waals surface area contributed by atoms with Gasteiger partial charge in [0.25, 0.3) is 0 Å². The fourth-order valence-electron chi connectivity index (χ4n) is 3.78. The maximum absolute atomic E-state index is 13.0. The lowest BCUT2D eigenvalue weighted by molar-refractivity contribution is -0.161. The topological polar surface area (TPSA) is 49.4 Å². The second-order valence-electron chi connectivity index (χ2n) is 7.28. The first-order chi connectivity index (χ1) is 9.90. The van der Waals surface area contributed by atoms with Crippen molar-refractivity contribution in [2.45, 2.75) is 90.3 Å². The van der Waals surface area contributed by atoms with Crippen LogP contribution in [-0.4, -0.2) is 34.3 Å². The van der Waals surface area contributed by atoms with Crippen LogP contribution in [0.3, 0.4) is 0 Å². The summed E-state index contributed by atoms with van der Waals surface area (Å²) in [5.74, 6) is 0.568. The number of hydrogen-bond donors (Lipinski definition) is 1. The van der Waals surface area contributed by atoms with Gasteiger partial charge < -0.3 is 10.2 Å². The van der Waals surface area contributed by atoms with E-state index in [1.807, 2.05) is 18.7 Å². The highest BCUT2D eigenvalue weighted by molar-refractivity contribution is 5.99. The summed E-state index contributed by atoms with van der Waals surface area (Å²) < 4.78 is 0. The molecule has 4 nitrogen and oxygen atoms in total. The number of nitrogens with one attached hydrogen (secondary N) is 1. The van der Waals surface area contributed by atoms with Crippen molar-refractivity contribution in [1.82, 2.24) is 10.2 Å². The van der Waals surface area contributed by atoms with Crippen LogP contribution >= 0.6 is 0 Å². The second kappa shape index (κ2) is 6.37. The smallest absolute Gasteiger partial charge is 0.246 e. The first-order valence-electron chi connectivity index (χ1n) is 8.54. The van der Waals surface area contributed by atoms with Crippen LogP contribution in [0, 0.1) is 5.92 Å². The highest BCUT2D eigenvalue weighted by Gasteiger charge is 2.50. The van der Waals surface area contributed by atoms with Crippen molar-refractivity contribution in [3.05, 3.63) is 0 Å². The van der Waals surface area contributed by atoms with Crippen LogP contribution in [0.1, 0.15) is 72.6 Å². The average Bonchev–Trinajstić information content (AvgIpc) is 2.45. The molecular weight excluding hydrogens is 264 g/mol. The van der Waals surface area contributed by atoms with E-state index in [4.69, 9.17) is 0 Å². The Morgan fingerprint density at radius 1 is 1.24 bits per heavy atom. The van der Waals surface area contributed by atoms with Gasteiger partial charge in [-0.2, -0.15) is 0 Å². The van der Waals surface area contributed by atoms with Crippen LogP contribution in [0.5, 0.6) is 0 Å². The van der Waals surface area contributed by atoms with Crippen molar-refractivity contribution in [2.75, 3.05) is 0 Å². The molecule has 0 aromatic heterocycles.